The number of esters is 1. The second-order valence-corrected chi connectivity index (χ2v) is 7.62. The minimum Gasteiger partial charge on any atom is -0.493 e. The average Bonchev–Trinajstić information content (AvgIpc) is 3.06. The molecule has 138 valence electrons. The minimum absolute atomic E-state index is 0.158. The average molecular weight is 374 g/mol. The summed E-state index contributed by atoms with van der Waals surface area (Å²) in [5, 5.41) is 5.42. The standard InChI is InChI=1S/C19H22N2O4S/c1-11(2)17(25-19(23)15-10-26-12(3)20-15)18(22)21-14-8-9-24-16-7-5-4-6-13(14)16/h4-7,10-11,14,17H,8-9H2,1-3H3,(H,21,22)/t14-,17-/m0/s1. The monoisotopic (exact) mass is 374 g/mol. The van der Waals surface area contributed by atoms with Gasteiger partial charge in [0.05, 0.1) is 17.7 Å². The van der Waals surface area contributed by atoms with Gasteiger partial charge < -0.3 is 14.8 Å². The summed E-state index contributed by atoms with van der Waals surface area (Å²) in [6, 6.07) is 7.48. The summed E-state index contributed by atoms with van der Waals surface area (Å²) >= 11 is 1.37. The molecule has 0 saturated heterocycles. The number of amides is 1. The van der Waals surface area contributed by atoms with Crippen molar-refractivity contribution in [2.24, 2.45) is 5.92 Å². The normalized spacial score (nSPS) is 17.2. The van der Waals surface area contributed by atoms with Gasteiger partial charge in [-0.3, -0.25) is 4.79 Å². The molecule has 1 aromatic carbocycles. The van der Waals surface area contributed by atoms with Crippen LogP contribution in [-0.2, 0) is 9.53 Å². The van der Waals surface area contributed by atoms with Gasteiger partial charge in [-0.2, -0.15) is 0 Å². The van der Waals surface area contributed by atoms with Crippen LogP contribution in [0.3, 0.4) is 0 Å². The Morgan fingerprint density at radius 3 is 2.81 bits per heavy atom. The summed E-state index contributed by atoms with van der Waals surface area (Å²) in [4.78, 5) is 29.2. The maximum absolute atomic E-state index is 12.8. The molecule has 0 spiro atoms. The SMILES string of the molecule is Cc1nc(C(=O)O[C@H](C(=O)N[C@H]2CCOc3ccccc32)C(C)C)cs1. The zero-order valence-corrected chi connectivity index (χ0v) is 15.8. The van der Waals surface area contributed by atoms with Crippen molar-refractivity contribution in [3.05, 3.63) is 45.9 Å². The summed E-state index contributed by atoms with van der Waals surface area (Å²) in [5.41, 5.74) is 1.18. The highest BCUT2D eigenvalue weighted by Gasteiger charge is 2.31. The van der Waals surface area contributed by atoms with E-state index in [-0.39, 0.29) is 23.6 Å². The first-order valence-corrected chi connectivity index (χ1v) is 9.49. The van der Waals surface area contributed by atoms with E-state index in [0.717, 1.165) is 16.3 Å². The molecular weight excluding hydrogens is 352 g/mol. The molecule has 2 aromatic rings. The lowest BCUT2D eigenvalue weighted by Gasteiger charge is -2.29. The number of aryl methyl sites for hydroxylation is 1. The van der Waals surface area contributed by atoms with Gasteiger partial charge in [-0.05, 0) is 18.9 Å². The van der Waals surface area contributed by atoms with Gasteiger partial charge in [0.2, 0.25) is 0 Å². The van der Waals surface area contributed by atoms with Gasteiger partial charge in [-0.1, -0.05) is 32.0 Å². The number of thiazole rings is 1. The van der Waals surface area contributed by atoms with Crippen LogP contribution in [0.15, 0.2) is 29.6 Å². The third-order valence-electron chi connectivity index (χ3n) is 4.20. The number of hydrogen-bond acceptors (Lipinski definition) is 6. The van der Waals surface area contributed by atoms with Gasteiger partial charge in [-0.15, -0.1) is 11.3 Å². The maximum Gasteiger partial charge on any atom is 0.358 e. The quantitative estimate of drug-likeness (QED) is 0.813. The van der Waals surface area contributed by atoms with Crippen LogP contribution in [-0.4, -0.2) is 29.6 Å². The van der Waals surface area contributed by atoms with Gasteiger partial charge in [-0.25, -0.2) is 9.78 Å². The van der Waals surface area contributed by atoms with Crippen LogP contribution in [0.25, 0.3) is 0 Å². The summed E-state index contributed by atoms with van der Waals surface area (Å²) < 4.78 is 11.1. The summed E-state index contributed by atoms with van der Waals surface area (Å²) in [6.45, 7) is 6.05. The second-order valence-electron chi connectivity index (χ2n) is 6.56. The molecule has 6 nitrogen and oxygen atoms in total. The fourth-order valence-corrected chi connectivity index (χ4v) is 3.45. The van der Waals surface area contributed by atoms with E-state index >= 15 is 0 Å². The number of nitrogens with one attached hydrogen (secondary N) is 1. The molecule has 0 fully saturated rings. The van der Waals surface area contributed by atoms with Crippen LogP contribution < -0.4 is 10.1 Å². The molecule has 3 rings (SSSR count). The molecule has 7 heteroatoms. The van der Waals surface area contributed by atoms with E-state index < -0.39 is 12.1 Å². The van der Waals surface area contributed by atoms with Gasteiger partial charge >= 0.3 is 5.97 Å². The highest BCUT2D eigenvalue weighted by Crippen LogP contribution is 2.31. The molecule has 1 amide bonds. The van der Waals surface area contributed by atoms with Crippen LogP contribution in [0.5, 0.6) is 5.75 Å². The van der Waals surface area contributed by atoms with Crippen LogP contribution in [0.4, 0.5) is 0 Å². The number of rotatable bonds is 5. The van der Waals surface area contributed by atoms with Gasteiger partial charge in [0, 0.05) is 17.4 Å². The van der Waals surface area contributed by atoms with Crippen molar-refractivity contribution < 1.29 is 19.1 Å². The Morgan fingerprint density at radius 2 is 2.12 bits per heavy atom. The first kappa shape index (κ1) is 18.4. The lowest BCUT2D eigenvalue weighted by molar-refractivity contribution is -0.133. The molecule has 2 heterocycles. The van der Waals surface area contributed by atoms with Crippen molar-refractivity contribution >= 4 is 23.2 Å². The Kier molecular flexibility index (Phi) is 5.56. The number of aromatic nitrogens is 1. The van der Waals surface area contributed by atoms with Crippen LogP contribution in [0.1, 0.15) is 47.4 Å². The first-order valence-electron chi connectivity index (χ1n) is 8.61. The summed E-state index contributed by atoms with van der Waals surface area (Å²) in [7, 11) is 0. The molecule has 1 N–H and O–H groups in total. The number of nitrogens with zero attached hydrogens (tertiary/aromatic N) is 1. The maximum atomic E-state index is 12.8. The van der Waals surface area contributed by atoms with Crippen molar-refractivity contribution in [1.82, 2.24) is 10.3 Å². The van der Waals surface area contributed by atoms with Crippen LogP contribution in [0.2, 0.25) is 0 Å². The first-order chi connectivity index (χ1) is 12.5. The number of ether oxygens (including phenoxy) is 2. The highest BCUT2D eigenvalue weighted by atomic mass is 32.1. The molecule has 0 aliphatic carbocycles. The predicted octanol–water partition coefficient (Wildman–Crippen LogP) is 3.27. The Morgan fingerprint density at radius 1 is 1.35 bits per heavy atom. The zero-order valence-electron chi connectivity index (χ0n) is 15.0. The topological polar surface area (TPSA) is 77.5 Å². The van der Waals surface area contributed by atoms with Gasteiger partial charge in [0.25, 0.3) is 5.91 Å². The molecule has 0 bridgehead atoms. The van der Waals surface area contributed by atoms with E-state index in [1.165, 1.54) is 11.3 Å². The number of hydrogen-bond donors (Lipinski definition) is 1. The highest BCUT2D eigenvalue weighted by molar-refractivity contribution is 7.09. The van der Waals surface area contributed by atoms with Crippen molar-refractivity contribution in [1.29, 1.82) is 0 Å². The fourth-order valence-electron chi connectivity index (χ4n) is 2.87. The largest absolute Gasteiger partial charge is 0.493 e. The lowest BCUT2D eigenvalue weighted by atomic mass is 9.99. The minimum atomic E-state index is -0.875. The Labute approximate surface area is 156 Å². The fraction of sp³-hybridized carbons (Fsp3) is 0.421. The molecule has 1 aliphatic heterocycles. The number of fused-ring (bicyclic) bond motifs is 1. The Hall–Kier alpha value is -2.41. The van der Waals surface area contributed by atoms with Crippen LogP contribution >= 0.6 is 11.3 Å². The number of para-hydroxylation sites is 1. The molecule has 2 atom stereocenters. The van der Waals surface area contributed by atoms with E-state index in [1.54, 1.807) is 5.38 Å². The third-order valence-corrected chi connectivity index (χ3v) is 4.97. The van der Waals surface area contributed by atoms with Crippen molar-refractivity contribution in [2.45, 2.75) is 39.3 Å². The van der Waals surface area contributed by atoms with Crippen LogP contribution in [0, 0.1) is 12.8 Å². The van der Waals surface area contributed by atoms with Crippen molar-refractivity contribution in [3.8, 4) is 5.75 Å². The molecule has 0 unspecified atom stereocenters. The van der Waals surface area contributed by atoms with E-state index in [9.17, 15) is 9.59 Å². The van der Waals surface area contributed by atoms with E-state index in [0.29, 0.717) is 13.0 Å². The Balaban J connectivity index is 1.71. The number of carbonyl (C=O) groups is 2. The van der Waals surface area contributed by atoms with Crippen molar-refractivity contribution in [3.63, 3.8) is 0 Å². The van der Waals surface area contributed by atoms with E-state index in [1.807, 2.05) is 45.0 Å². The smallest absolute Gasteiger partial charge is 0.358 e. The third kappa shape index (κ3) is 4.04. The lowest BCUT2D eigenvalue weighted by Crippen LogP contribution is -2.43. The second kappa shape index (κ2) is 7.86. The molecule has 0 radical (unpaired) electrons. The molecule has 26 heavy (non-hydrogen) atoms. The van der Waals surface area contributed by atoms with Gasteiger partial charge in [0.1, 0.15) is 5.75 Å². The summed E-state index contributed by atoms with van der Waals surface area (Å²) in [5.74, 6) is -0.258. The number of carbonyl (C=O) groups excluding carboxylic acids is 2. The number of benzene rings is 1. The van der Waals surface area contributed by atoms with E-state index in [2.05, 4.69) is 10.3 Å². The molecule has 0 saturated carbocycles. The molecule has 1 aliphatic rings. The zero-order chi connectivity index (χ0) is 18.7. The summed E-state index contributed by atoms with van der Waals surface area (Å²) in [6.07, 6.45) is -0.202. The van der Waals surface area contributed by atoms with E-state index in [4.69, 9.17) is 9.47 Å². The van der Waals surface area contributed by atoms with Gasteiger partial charge in [0.15, 0.2) is 11.8 Å². The molecule has 1 aromatic heterocycles. The molecular formula is C19H22N2O4S. The Bertz CT molecular complexity index is 802. The van der Waals surface area contributed by atoms with Crippen molar-refractivity contribution in [2.75, 3.05) is 6.61 Å². The predicted molar refractivity (Wildman–Crippen MR) is 98.3 cm³/mol.